The van der Waals surface area contributed by atoms with Crippen LogP contribution in [0.15, 0.2) is 72.2 Å². The second kappa shape index (κ2) is 17.5. The summed E-state index contributed by atoms with van der Waals surface area (Å²) in [6.07, 6.45) is 8.40. The summed E-state index contributed by atoms with van der Waals surface area (Å²) < 4.78 is 13.7. The summed E-state index contributed by atoms with van der Waals surface area (Å²) in [7, 11) is 1.75. The molecule has 0 spiro atoms. The quantitative estimate of drug-likeness (QED) is 0.118. The van der Waals surface area contributed by atoms with Crippen molar-refractivity contribution in [3.8, 4) is 0 Å². The van der Waals surface area contributed by atoms with Gasteiger partial charge in [-0.3, -0.25) is 4.79 Å². The van der Waals surface area contributed by atoms with Crippen molar-refractivity contribution in [2.75, 3.05) is 12.4 Å². The van der Waals surface area contributed by atoms with Gasteiger partial charge in [0, 0.05) is 37.2 Å². The number of allylic oxidation sites excluding steroid dienone is 3. The van der Waals surface area contributed by atoms with Crippen LogP contribution in [0.3, 0.4) is 0 Å². The number of carbonyl (C=O) groups is 2. The average Bonchev–Trinajstić information content (AvgIpc) is 3.38. The highest BCUT2D eigenvalue weighted by atomic mass is 32.1. The Morgan fingerprint density at radius 2 is 1.82 bits per heavy atom. The third-order valence-corrected chi connectivity index (χ3v) is 6.56. The van der Waals surface area contributed by atoms with E-state index in [1.54, 1.807) is 38.3 Å². The first kappa shape index (κ1) is 32.1. The molecule has 0 radical (unpaired) electrons. The van der Waals surface area contributed by atoms with Crippen molar-refractivity contribution in [2.45, 2.75) is 51.5 Å². The Morgan fingerprint density at radius 3 is 2.50 bits per heavy atom. The number of unbranched alkanes of at least 4 members (excludes halogenated alkanes) is 1. The van der Waals surface area contributed by atoms with Crippen LogP contribution >= 0.6 is 11.3 Å². The molecule has 0 aliphatic heterocycles. The first-order valence-electron chi connectivity index (χ1n) is 12.9. The van der Waals surface area contributed by atoms with Gasteiger partial charge in [0.25, 0.3) is 0 Å². The molecule has 8 N–H and O–H groups in total. The predicted molar refractivity (Wildman–Crippen MR) is 159 cm³/mol. The van der Waals surface area contributed by atoms with Crippen molar-refractivity contribution in [2.24, 2.45) is 17.2 Å². The zero-order valence-corrected chi connectivity index (χ0v) is 23.7. The smallest absolute Gasteiger partial charge is 0.230 e. The van der Waals surface area contributed by atoms with Gasteiger partial charge in [-0.25, -0.2) is 4.39 Å². The van der Waals surface area contributed by atoms with E-state index in [1.165, 1.54) is 17.4 Å². The normalized spacial score (nSPS) is 12.2. The molecule has 0 aliphatic carbocycles. The lowest BCUT2D eigenvalue weighted by atomic mass is 10.0. The molecule has 1 heterocycles. The third kappa shape index (κ3) is 12.2. The molecular weight excluding hydrogens is 529 g/mol. The average molecular weight is 568 g/mol. The van der Waals surface area contributed by atoms with Gasteiger partial charge >= 0.3 is 0 Å². The number of nitrogens with one attached hydrogen (secondary N) is 2. The minimum atomic E-state index is -0.442. The molecule has 0 saturated heterocycles. The summed E-state index contributed by atoms with van der Waals surface area (Å²) in [5.74, 6) is -0.0549. The maximum Gasteiger partial charge on any atom is 0.230 e. The number of carbonyl (C=O) groups excluding carboxylic acids is 2. The van der Waals surface area contributed by atoms with Gasteiger partial charge in [0.1, 0.15) is 17.1 Å². The van der Waals surface area contributed by atoms with Crippen LogP contribution in [0.4, 0.5) is 9.52 Å². The van der Waals surface area contributed by atoms with Crippen LogP contribution in [0.2, 0.25) is 0 Å². The van der Waals surface area contributed by atoms with Crippen molar-refractivity contribution >= 4 is 28.7 Å². The number of aromatic nitrogens is 2. The number of hydrogen-bond donors (Lipinski definition) is 5. The first-order valence-corrected chi connectivity index (χ1v) is 13.8. The number of anilines is 1. The maximum atomic E-state index is 13.7. The molecule has 1 aromatic heterocycles. The highest BCUT2D eigenvalue weighted by Gasteiger charge is 2.12. The summed E-state index contributed by atoms with van der Waals surface area (Å²) in [5, 5.41) is 15.0. The molecule has 9 nitrogen and oxygen atoms in total. The summed E-state index contributed by atoms with van der Waals surface area (Å²) in [6, 6.07) is 13.8. The lowest BCUT2D eigenvalue weighted by molar-refractivity contribution is -0.115. The topological polar surface area (TPSA) is 162 Å². The number of amides is 1. The Balaban J connectivity index is 0.000000526. The van der Waals surface area contributed by atoms with Gasteiger partial charge in [-0.1, -0.05) is 53.8 Å². The minimum absolute atomic E-state index is 0.104. The van der Waals surface area contributed by atoms with Gasteiger partial charge in [0.2, 0.25) is 11.0 Å². The second-order valence-corrected chi connectivity index (χ2v) is 10.1. The molecule has 1 amide bonds. The first-order chi connectivity index (χ1) is 19.2. The molecule has 0 saturated carbocycles. The van der Waals surface area contributed by atoms with E-state index in [2.05, 4.69) is 20.8 Å². The van der Waals surface area contributed by atoms with Crippen LogP contribution in [0, 0.1) is 5.82 Å². The van der Waals surface area contributed by atoms with E-state index in [0.717, 1.165) is 48.2 Å². The molecule has 1 atom stereocenters. The number of benzene rings is 2. The van der Waals surface area contributed by atoms with E-state index >= 15 is 0 Å². The van der Waals surface area contributed by atoms with Crippen molar-refractivity contribution in [1.82, 2.24) is 15.5 Å². The van der Waals surface area contributed by atoms with E-state index in [4.69, 9.17) is 17.2 Å². The number of hydrogen-bond acceptors (Lipinski definition) is 9. The lowest BCUT2D eigenvalue weighted by Gasteiger charge is -2.09. The SMILES string of the molecule is CN/C(N)=C/C=C(\N)CCCCc1nnc(NC(=O)Cc2ccc(F)c(C(C)N)c2)s1.O=CCc1ccccc1. The van der Waals surface area contributed by atoms with E-state index < -0.39 is 6.04 Å². The van der Waals surface area contributed by atoms with Crippen LogP contribution < -0.4 is 27.8 Å². The maximum absolute atomic E-state index is 13.7. The molecule has 40 heavy (non-hydrogen) atoms. The summed E-state index contributed by atoms with van der Waals surface area (Å²) in [4.78, 5) is 22.3. The lowest BCUT2D eigenvalue weighted by Crippen LogP contribution is -2.15. The Morgan fingerprint density at radius 1 is 1.07 bits per heavy atom. The second-order valence-electron chi connectivity index (χ2n) is 9.05. The summed E-state index contributed by atoms with van der Waals surface area (Å²) in [6.45, 7) is 1.70. The standard InChI is InChI=1S/C21H30FN7OS.C8H8O/c1-13(23)16-11-14(7-9-17(16)22)12-19(30)27-21-29-28-20(31-21)6-4-3-5-15(24)8-10-18(25)26-2;9-7-6-8-4-2-1-3-5-8/h7-11,13,26H,3-6,12,23-25H2,1-2H3,(H,27,29,30);1-5,7H,6H2/b15-8-,18-10+;. The highest BCUT2D eigenvalue weighted by molar-refractivity contribution is 7.15. The van der Waals surface area contributed by atoms with Crippen LogP contribution in [0.5, 0.6) is 0 Å². The third-order valence-electron chi connectivity index (χ3n) is 5.66. The van der Waals surface area contributed by atoms with E-state index in [9.17, 15) is 14.0 Å². The molecule has 0 aliphatic rings. The van der Waals surface area contributed by atoms with E-state index in [0.29, 0.717) is 28.5 Å². The van der Waals surface area contributed by atoms with Crippen LogP contribution in [-0.4, -0.2) is 29.4 Å². The number of aldehydes is 1. The van der Waals surface area contributed by atoms with E-state index in [1.807, 2.05) is 30.3 Å². The fraction of sp³-hybridized carbons (Fsp3) is 0.310. The van der Waals surface area contributed by atoms with Crippen LogP contribution in [0.25, 0.3) is 0 Å². The number of rotatable bonds is 13. The molecule has 11 heteroatoms. The van der Waals surface area contributed by atoms with Gasteiger partial charge in [0.15, 0.2) is 0 Å². The van der Waals surface area contributed by atoms with E-state index in [-0.39, 0.29) is 18.1 Å². The zero-order chi connectivity index (χ0) is 29.3. The number of nitrogens with two attached hydrogens (primary N) is 3. The Kier molecular flexibility index (Phi) is 14.0. The van der Waals surface area contributed by atoms with Gasteiger partial charge in [-0.2, -0.15) is 0 Å². The summed E-state index contributed by atoms with van der Waals surface area (Å²) in [5.41, 5.74) is 20.3. The zero-order valence-electron chi connectivity index (χ0n) is 22.9. The monoisotopic (exact) mass is 567 g/mol. The predicted octanol–water partition coefficient (Wildman–Crippen LogP) is 3.88. The molecule has 2 aromatic carbocycles. The fourth-order valence-corrected chi connectivity index (χ4v) is 4.28. The molecule has 214 valence electrons. The van der Waals surface area contributed by atoms with Crippen molar-refractivity contribution in [3.63, 3.8) is 0 Å². The number of nitrogens with zero attached hydrogens (tertiary/aromatic N) is 2. The Labute approximate surface area is 238 Å². The molecule has 3 rings (SSSR count). The van der Waals surface area contributed by atoms with Crippen molar-refractivity contribution in [3.05, 3.63) is 99.7 Å². The van der Waals surface area contributed by atoms with Crippen molar-refractivity contribution < 1.29 is 14.0 Å². The molecule has 0 fully saturated rings. The van der Waals surface area contributed by atoms with Crippen LogP contribution in [0.1, 0.15) is 53.9 Å². The largest absolute Gasteiger partial charge is 0.402 e. The van der Waals surface area contributed by atoms with Gasteiger partial charge in [-0.05, 0) is 55.5 Å². The molecule has 1 unspecified atom stereocenters. The Bertz CT molecular complexity index is 1280. The fourth-order valence-electron chi connectivity index (χ4n) is 3.49. The molecule has 0 bridgehead atoms. The van der Waals surface area contributed by atoms with Crippen molar-refractivity contribution in [1.29, 1.82) is 0 Å². The van der Waals surface area contributed by atoms with Gasteiger partial charge < -0.3 is 32.6 Å². The number of halogens is 1. The van der Waals surface area contributed by atoms with Gasteiger partial charge in [0.05, 0.1) is 12.2 Å². The molecular formula is C29H38FN7O2S. The molecule has 3 aromatic rings. The Hall–Kier alpha value is -4.09. The van der Waals surface area contributed by atoms with Gasteiger partial charge in [-0.15, -0.1) is 10.2 Å². The summed E-state index contributed by atoms with van der Waals surface area (Å²) >= 11 is 1.34. The number of aryl methyl sites for hydroxylation is 1. The highest BCUT2D eigenvalue weighted by Crippen LogP contribution is 2.20. The minimum Gasteiger partial charge on any atom is -0.402 e. The van der Waals surface area contributed by atoms with Crippen LogP contribution in [-0.2, 0) is 28.9 Å².